The number of rotatable bonds is 4. The van der Waals surface area contributed by atoms with Gasteiger partial charge in [-0.05, 0) is 84.3 Å². The maximum Gasteiger partial charge on any atom is 0.411 e. The van der Waals surface area contributed by atoms with Crippen LogP contribution in [0.4, 0.5) is 4.79 Å². The average Bonchev–Trinajstić information content (AvgIpc) is 3.03. The van der Waals surface area contributed by atoms with Crippen molar-refractivity contribution in [2.45, 2.75) is 45.3 Å². The number of carbonyl (C=O) groups is 3. The minimum atomic E-state index is -0.706. The van der Waals surface area contributed by atoms with E-state index >= 15 is 0 Å². The van der Waals surface area contributed by atoms with Crippen LogP contribution in [0.3, 0.4) is 0 Å². The quantitative estimate of drug-likeness (QED) is 0.327. The summed E-state index contributed by atoms with van der Waals surface area (Å²) in [5, 5.41) is 0. The van der Waals surface area contributed by atoms with Crippen LogP contribution < -0.4 is 0 Å². The van der Waals surface area contributed by atoms with Crippen LogP contribution in [0, 0.1) is 3.57 Å². The molecule has 0 aromatic heterocycles. The smallest absolute Gasteiger partial charge is 0.411 e. The number of likely N-dealkylation sites (tertiary alicyclic amines) is 1. The molecule has 0 bridgehead atoms. The lowest BCUT2D eigenvalue weighted by atomic mass is 10.1. The Balaban J connectivity index is 1.94. The van der Waals surface area contributed by atoms with E-state index in [0.717, 1.165) is 8.04 Å². The number of halogens is 2. The maximum atomic E-state index is 12.3. The van der Waals surface area contributed by atoms with Crippen LogP contribution >= 0.6 is 38.5 Å². The molecule has 26 heavy (non-hydrogen) atoms. The van der Waals surface area contributed by atoms with Crippen molar-refractivity contribution in [1.82, 2.24) is 4.90 Å². The van der Waals surface area contributed by atoms with Crippen LogP contribution in [0.5, 0.6) is 0 Å². The first kappa shape index (κ1) is 21.1. The van der Waals surface area contributed by atoms with Crippen molar-refractivity contribution in [3.8, 4) is 0 Å². The molecule has 1 amide bonds. The molecule has 142 valence electrons. The van der Waals surface area contributed by atoms with E-state index in [1.807, 2.05) is 0 Å². The highest BCUT2D eigenvalue weighted by atomic mass is 127. The number of nitrogens with zero attached hydrogens (tertiary/aromatic N) is 1. The third kappa shape index (κ3) is 5.67. The lowest BCUT2D eigenvalue weighted by molar-refractivity contribution is -0.147. The highest BCUT2D eigenvalue weighted by Crippen LogP contribution is 2.23. The minimum absolute atomic E-state index is 0.286. The van der Waals surface area contributed by atoms with E-state index < -0.39 is 23.7 Å². The van der Waals surface area contributed by atoms with E-state index in [0.29, 0.717) is 24.9 Å². The van der Waals surface area contributed by atoms with E-state index in [1.54, 1.807) is 39.0 Å². The second-order valence-electron chi connectivity index (χ2n) is 6.99. The molecule has 0 spiro atoms. The molecule has 1 aromatic carbocycles. The number of ether oxygens (including phenoxy) is 2. The zero-order valence-electron chi connectivity index (χ0n) is 14.9. The van der Waals surface area contributed by atoms with Crippen molar-refractivity contribution in [3.05, 3.63) is 31.8 Å². The fourth-order valence-electron chi connectivity index (χ4n) is 2.54. The van der Waals surface area contributed by atoms with Crippen LogP contribution in [-0.4, -0.2) is 47.5 Å². The van der Waals surface area contributed by atoms with Gasteiger partial charge in [0.05, 0.1) is 0 Å². The van der Waals surface area contributed by atoms with Crippen molar-refractivity contribution in [2.75, 3.05) is 13.2 Å². The molecule has 1 atom stereocenters. The van der Waals surface area contributed by atoms with Crippen molar-refractivity contribution in [3.63, 3.8) is 0 Å². The van der Waals surface area contributed by atoms with Crippen LogP contribution in [0.15, 0.2) is 22.7 Å². The third-order valence-electron chi connectivity index (χ3n) is 3.74. The molecule has 1 fully saturated rings. The Bertz CT molecular complexity index is 716. The zero-order chi connectivity index (χ0) is 19.5. The van der Waals surface area contributed by atoms with Gasteiger partial charge < -0.3 is 9.47 Å². The molecule has 1 saturated heterocycles. The topological polar surface area (TPSA) is 72.9 Å². The van der Waals surface area contributed by atoms with E-state index in [9.17, 15) is 14.4 Å². The summed E-state index contributed by atoms with van der Waals surface area (Å²) in [4.78, 5) is 38.2. The van der Waals surface area contributed by atoms with Gasteiger partial charge in [0.25, 0.3) is 0 Å². The Labute approximate surface area is 174 Å². The Morgan fingerprint density at radius 1 is 1.31 bits per heavy atom. The first-order chi connectivity index (χ1) is 12.1. The fourth-order valence-corrected chi connectivity index (χ4v) is 3.30. The summed E-state index contributed by atoms with van der Waals surface area (Å²) in [7, 11) is 0. The van der Waals surface area contributed by atoms with Gasteiger partial charge in [-0.15, -0.1) is 0 Å². The molecule has 0 N–H and O–H groups in total. The number of Topliss-reactive ketones (excluding diaryl/α,β-unsaturated/α-hetero) is 1. The number of hydrogen-bond donors (Lipinski definition) is 0. The zero-order valence-corrected chi connectivity index (χ0v) is 18.6. The van der Waals surface area contributed by atoms with Gasteiger partial charge in [0.15, 0.2) is 12.4 Å². The van der Waals surface area contributed by atoms with Gasteiger partial charge in [-0.25, -0.2) is 9.59 Å². The molecule has 1 unspecified atom stereocenters. The van der Waals surface area contributed by atoms with E-state index in [4.69, 9.17) is 9.47 Å². The first-order valence-electron chi connectivity index (χ1n) is 8.23. The minimum Gasteiger partial charge on any atom is -0.456 e. The van der Waals surface area contributed by atoms with Crippen LogP contribution in [0.2, 0.25) is 0 Å². The number of benzene rings is 1. The first-order valence-corrected chi connectivity index (χ1v) is 10.1. The van der Waals surface area contributed by atoms with Gasteiger partial charge in [0.2, 0.25) is 0 Å². The summed E-state index contributed by atoms with van der Waals surface area (Å²) in [6, 6.07) is 4.47. The summed E-state index contributed by atoms with van der Waals surface area (Å²) in [6.07, 6.45) is 0.658. The second kappa shape index (κ2) is 8.69. The predicted molar refractivity (Wildman–Crippen MR) is 108 cm³/mol. The van der Waals surface area contributed by atoms with Crippen molar-refractivity contribution in [2.24, 2.45) is 0 Å². The van der Waals surface area contributed by atoms with Gasteiger partial charge in [-0.2, -0.15) is 0 Å². The standard InChI is InChI=1S/C18H21BrINO5/c1-18(2,3)26-17(24)21-8-4-5-14(21)16(23)25-10-15(22)11-6-7-12(19)13(20)9-11/h6-7,9,14H,4-5,8,10H2,1-3H3. The Hall–Kier alpha value is -1.16. The summed E-state index contributed by atoms with van der Waals surface area (Å²) in [5.74, 6) is -0.862. The van der Waals surface area contributed by atoms with Gasteiger partial charge >= 0.3 is 12.1 Å². The molecule has 0 saturated carbocycles. The van der Waals surface area contributed by atoms with Gasteiger partial charge in [0.1, 0.15) is 11.6 Å². The molecule has 8 heteroatoms. The van der Waals surface area contributed by atoms with Gasteiger partial charge in [-0.3, -0.25) is 9.69 Å². The highest BCUT2D eigenvalue weighted by molar-refractivity contribution is 14.1. The third-order valence-corrected chi connectivity index (χ3v) is 6.07. The summed E-state index contributed by atoms with van der Waals surface area (Å²) >= 11 is 5.48. The Morgan fingerprint density at radius 2 is 2.00 bits per heavy atom. The van der Waals surface area contributed by atoms with Crippen LogP contribution in [0.1, 0.15) is 44.0 Å². The van der Waals surface area contributed by atoms with Gasteiger partial charge in [0, 0.05) is 20.2 Å². The monoisotopic (exact) mass is 537 g/mol. The second-order valence-corrected chi connectivity index (χ2v) is 9.01. The van der Waals surface area contributed by atoms with Crippen molar-refractivity contribution < 1.29 is 23.9 Å². The Morgan fingerprint density at radius 3 is 2.62 bits per heavy atom. The molecule has 1 aromatic rings. The number of hydrogen-bond acceptors (Lipinski definition) is 5. The molecular formula is C18H21BrINO5. The molecule has 1 aliphatic heterocycles. The number of esters is 1. The van der Waals surface area contributed by atoms with E-state index in [2.05, 4.69) is 38.5 Å². The van der Waals surface area contributed by atoms with Gasteiger partial charge in [-0.1, -0.05) is 6.07 Å². The molecule has 1 heterocycles. The lowest BCUT2D eigenvalue weighted by Crippen LogP contribution is -2.44. The Kier molecular flexibility index (Phi) is 7.06. The normalized spacial score (nSPS) is 17.1. The van der Waals surface area contributed by atoms with Crippen molar-refractivity contribution in [1.29, 1.82) is 0 Å². The molecule has 1 aliphatic rings. The van der Waals surface area contributed by atoms with Crippen LogP contribution in [0.25, 0.3) is 0 Å². The molecule has 0 aliphatic carbocycles. The number of ketones is 1. The predicted octanol–water partition coefficient (Wildman–Crippen LogP) is 4.18. The summed E-state index contributed by atoms with van der Waals surface area (Å²) in [5.41, 5.74) is -0.163. The molecular weight excluding hydrogens is 517 g/mol. The number of carbonyl (C=O) groups excluding carboxylic acids is 3. The highest BCUT2D eigenvalue weighted by Gasteiger charge is 2.37. The number of amides is 1. The van der Waals surface area contributed by atoms with E-state index in [1.165, 1.54) is 4.90 Å². The molecule has 0 radical (unpaired) electrons. The van der Waals surface area contributed by atoms with Crippen LogP contribution in [-0.2, 0) is 14.3 Å². The average molecular weight is 538 g/mol. The largest absolute Gasteiger partial charge is 0.456 e. The maximum absolute atomic E-state index is 12.3. The fraction of sp³-hybridized carbons (Fsp3) is 0.500. The lowest BCUT2D eigenvalue weighted by Gasteiger charge is -2.27. The summed E-state index contributed by atoms with van der Waals surface area (Å²) in [6.45, 7) is 5.40. The molecule has 6 nitrogen and oxygen atoms in total. The molecule has 2 rings (SSSR count). The van der Waals surface area contributed by atoms with E-state index in [-0.39, 0.29) is 12.4 Å². The SMILES string of the molecule is CC(C)(C)OC(=O)N1CCCC1C(=O)OCC(=O)c1ccc(Br)c(I)c1. The van der Waals surface area contributed by atoms with Crippen molar-refractivity contribution >= 4 is 56.4 Å². The summed E-state index contributed by atoms with van der Waals surface area (Å²) < 4.78 is 12.3.